The van der Waals surface area contributed by atoms with Crippen molar-refractivity contribution in [3.8, 4) is 5.75 Å². The zero-order valence-corrected chi connectivity index (χ0v) is 19.2. The van der Waals surface area contributed by atoms with Crippen molar-refractivity contribution in [2.24, 2.45) is 0 Å². The summed E-state index contributed by atoms with van der Waals surface area (Å²) in [6.45, 7) is 2.83. The topological polar surface area (TPSA) is 37.0 Å². The summed E-state index contributed by atoms with van der Waals surface area (Å²) in [6.07, 6.45) is 4.21. The molecule has 2 N–H and O–H groups in total. The van der Waals surface area contributed by atoms with Crippen molar-refractivity contribution in [1.82, 2.24) is 10.3 Å². The van der Waals surface area contributed by atoms with Crippen LogP contribution in [0.25, 0.3) is 21.7 Å². The summed E-state index contributed by atoms with van der Waals surface area (Å²) in [5.41, 5.74) is 5.64. The number of halogens is 2. The van der Waals surface area contributed by atoms with E-state index in [0.29, 0.717) is 6.61 Å². The second-order valence-electron chi connectivity index (χ2n) is 7.72. The summed E-state index contributed by atoms with van der Waals surface area (Å²) in [6, 6.07) is 19.2. The summed E-state index contributed by atoms with van der Waals surface area (Å²) in [5.74, 6) is 0.920. The smallest absolute Gasteiger partial charge is 0.134 e. The highest BCUT2D eigenvalue weighted by molar-refractivity contribution is 9.10. The molecule has 0 atom stereocenters. The Morgan fingerprint density at radius 1 is 0.933 bits per heavy atom. The van der Waals surface area contributed by atoms with Crippen LogP contribution in [0, 0.1) is 0 Å². The van der Waals surface area contributed by atoms with Crippen molar-refractivity contribution in [2.45, 2.75) is 25.7 Å². The van der Waals surface area contributed by atoms with Gasteiger partial charge in [-0.15, -0.1) is 12.4 Å². The van der Waals surface area contributed by atoms with Crippen molar-refractivity contribution in [1.29, 1.82) is 0 Å². The number of nitrogens with one attached hydrogen (secondary N) is 2. The van der Waals surface area contributed by atoms with Crippen molar-refractivity contribution in [2.75, 3.05) is 19.7 Å². The second-order valence-corrected chi connectivity index (χ2v) is 8.52. The molecule has 0 spiro atoms. The second kappa shape index (κ2) is 9.42. The molecule has 2 heterocycles. The maximum atomic E-state index is 6.13. The Bertz CT molecular complexity index is 1170. The van der Waals surface area contributed by atoms with Gasteiger partial charge in [-0.25, -0.2) is 0 Å². The molecule has 1 aromatic heterocycles. The van der Waals surface area contributed by atoms with Crippen LogP contribution in [0.3, 0.4) is 0 Å². The van der Waals surface area contributed by atoms with Crippen LogP contribution in [0.4, 0.5) is 0 Å². The average Bonchev–Trinajstić information content (AvgIpc) is 2.95. The maximum absolute atomic E-state index is 6.13. The van der Waals surface area contributed by atoms with Gasteiger partial charge >= 0.3 is 0 Å². The third kappa shape index (κ3) is 4.09. The molecule has 0 bridgehead atoms. The van der Waals surface area contributed by atoms with E-state index in [2.05, 4.69) is 80.8 Å². The number of aromatic nitrogens is 1. The fourth-order valence-corrected chi connectivity index (χ4v) is 5.08. The summed E-state index contributed by atoms with van der Waals surface area (Å²) < 4.78 is 7.17. The van der Waals surface area contributed by atoms with E-state index in [9.17, 15) is 0 Å². The van der Waals surface area contributed by atoms with Crippen LogP contribution in [0.2, 0.25) is 0 Å². The van der Waals surface area contributed by atoms with Gasteiger partial charge in [-0.05, 0) is 75.8 Å². The number of H-pyrrole nitrogens is 1. The van der Waals surface area contributed by atoms with Crippen LogP contribution < -0.4 is 10.1 Å². The van der Waals surface area contributed by atoms with Gasteiger partial charge in [0.05, 0.1) is 11.1 Å². The van der Waals surface area contributed by atoms with E-state index in [1.165, 1.54) is 38.5 Å². The third-order valence-corrected chi connectivity index (χ3v) is 6.70. The lowest BCUT2D eigenvalue weighted by Crippen LogP contribution is -2.16. The zero-order chi connectivity index (χ0) is 19.6. The number of aryl methyl sites for hydroxylation is 1. The molecule has 0 radical (unpaired) electrons. The molecule has 5 heteroatoms. The van der Waals surface area contributed by atoms with E-state index in [4.69, 9.17) is 4.74 Å². The molecule has 0 saturated heterocycles. The van der Waals surface area contributed by atoms with Gasteiger partial charge in [0, 0.05) is 29.6 Å². The predicted molar refractivity (Wildman–Crippen MR) is 131 cm³/mol. The Hall–Kier alpha value is -2.01. The number of benzene rings is 3. The van der Waals surface area contributed by atoms with Crippen molar-refractivity contribution in [3.63, 3.8) is 0 Å². The minimum atomic E-state index is 0. The highest BCUT2D eigenvalue weighted by atomic mass is 79.9. The minimum Gasteiger partial charge on any atom is -0.492 e. The molecule has 1 aliphatic heterocycles. The highest BCUT2D eigenvalue weighted by Crippen LogP contribution is 2.33. The molecule has 1 aliphatic rings. The van der Waals surface area contributed by atoms with Gasteiger partial charge in [-0.2, -0.15) is 0 Å². The minimum absolute atomic E-state index is 0. The Labute approximate surface area is 191 Å². The first kappa shape index (κ1) is 21.2. The molecule has 0 fully saturated rings. The molecule has 3 aromatic carbocycles. The molecule has 0 aliphatic carbocycles. The SMILES string of the molecule is Brc1c(OCCCc2cccc3[nH]c4c(c23)CCNCC4)ccc2ccccc12.Cl. The lowest BCUT2D eigenvalue weighted by molar-refractivity contribution is 0.310. The molecule has 156 valence electrons. The number of hydrogen-bond donors (Lipinski definition) is 2. The molecule has 0 unspecified atom stereocenters. The summed E-state index contributed by atoms with van der Waals surface area (Å²) in [7, 11) is 0. The first-order chi connectivity index (χ1) is 14.3. The van der Waals surface area contributed by atoms with E-state index < -0.39 is 0 Å². The summed E-state index contributed by atoms with van der Waals surface area (Å²) in [5, 5.41) is 7.37. The van der Waals surface area contributed by atoms with E-state index in [0.717, 1.165) is 49.0 Å². The number of aromatic amines is 1. The predicted octanol–water partition coefficient (Wildman–Crippen LogP) is 6.21. The number of ether oxygens (including phenoxy) is 1. The highest BCUT2D eigenvalue weighted by Gasteiger charge is 2.16. The van der Waals surface area contributed by atoms with E-state index >= 15 is 0 Å². The fourth-order valence-electron chi connectivity index (χ4n) is 4.47. The van der Waals surface area contributed by atoms with Crippen LogP contribution in [0.5, 0.6) is 5.75 Å². The normalized spacial score (nSPS) is 13.6. The Morgan fingerprint density at radius 2 is 1.80 bits per heavy atom. The third-order valence-electron chi connectivity index (χ3n) is 5.88. The van der Waals surface area contributed by atoms with Gasteiger partial charge in [0.1, 0.15) is 5.75 Å². The van der Waals surface area contributed by atoms with Gasteiger partial charge in [0.15, 0.2) is 0 Å². The molecule has 5 rings (SSSR count). The van der Waals surface area contributed by atoms with E-state index in [1.807, 2.05) is 0 Å². The lowest BCUT2D eigenvalue weighted by atomic mass is 9.99. The van der Waals surface area contributed by atoms with Gasteiger partial charge in [-0.3, -0.25) is 0 Å². The van der Waals surface area contributed by atoms with Crippen molar-refractivity contribution < 1.29 is 4.74 Å². The van der Waals surface area contributed by atoms with Gasteiger partial charge in [-0.1, -0.05) is 42.5 Å². The molecular weight excluding hydrogens is 460 g/mol. The molecule has 30 heavy (non-hydrogen) atoms. The summed E-state index contributed by atoms with van der Waals surface area (Å²) >= 11 is 3.72. The molecule has 3 nitrogen and oxygen atoms in total. The molecular formula is C25H26BrClN2O. The average molecular weight is 486 g/mol. The molecule has 4 aromatic rings. The standard InChI is InChI=1S/C25H25BrN2O.ClH/c26-25-19-8-2-1-5-17(19)10-11-23(25)29-16-4-7-18-6-3-9-22-24(18)20-12-14-27-15-13-21(20)28-22;/h1-3,5-6,8-11,27-28H,4,7,12-16H2;1H. The number of hydrogen-bond acceptors (Lipinski definition) is 2. The van der Waals surface area contributed by atoms with Crippen LogP contribution in [-0.4, -0.2) is 24.7 Å². The number of fused-ring (bicyclic) bond motifs is 4. The molecule has 0 saturated carbocycles. The Balaban J connectivity index is 0.00000218. The van der Waals surface area contributed by atoms with Crippen LogP contribution >= 0.6 is 28.3 Å². The van der Waals surface area contributed by atoms with Crippen LogP contribution in [0.15, 0.2) is 59.1 Å². The Morgan fingerprint density at radius 3 is 2.73 bits per heavy atom. The quantitative estimate of drug-likeness (QED) is 0.330. The first-order valence-electron chi connectivity index (χ1n) is 10.4. The largest absolute Gasteiger partial charge is 0.492 e. The van der Waals surface area contributed by atoms with Crippen molar-refractivity contribution >= 4 is 50.0 Å². The van der Waals surface area contributed by atoms with E-state index in [-0.39, 0.29) is 12.4 Å². The number of rotatable bonds is 5. The van der Waals surface area contributed by atoms with Crippen LogP contribution in [0.1, 0.15) is 23.2 Å². The van der Waals surface area contributed by atoms with Crippen LogP contribution in [-0.2, 0) is 19.3 Å². The lowest BCUT2D eigenvalue weighted by Gasteiger charge is -2.11. The van der Waals surface area contributed by atoms with Gasteiger partial charge in [0.25, 0.3) is 0 Å². The van der Waals surface area contributed by atoms with E-state index in [1.54, 1.807) is 0 Å². The maximum Gasteiger partial charge on any atom is 0.134 e. The summed E-state index contributed by atoms with van der Waals surface area (Å²) in [4.78, 5) is 3.66. The fraction of sp³-hybridized carbons (Fsp3) is 0.280. The Kier molecular flexibility index (Phi) is 6.67. The first-order valence-corrected chi connectivity index (χ1v) is 11.2. The zero-order valence-electron chi connectivity index (χ0n) is 16.8. The van der Waals surface area contributed by atoms with Gasteiger partial charge in [0.2, 0.25) is 0 Å². The van der Waals surface area contributed by atoms with Gasteiger partial charge < -0.3 is 15.0 Å². The molecule has 0 amide bonds. The van der Waals surface area contributed by atoms with Crippen molar-refractivity contribution in [3.05, 3.63) is 75.9 Å². The monoisotopic (exact) mass is 484 g/mol.